The molecule has 2 aliphatic heterocycles. The van der Waals surface area contributed by atoms with Crippen molar-refractivity contribution >= 4 is 17.5 Å². The summed E-state index contributed by atoms with van der Waals surface area (Å²) in [7, 11) is 0. The number of piperidine rings is 1. The standard InChI is InChI=1S/C18H22F3N3O3/c19-18(20,21)12-22-16(25)11-24-10-15(17(26)23-8-4-1-5-9-23)27-14-7-3-2-6-13(14)24/h2-3,6-7,15H,1,4-5,8-12H2,(H,22,25)/t15-/m0/s1. The molecule has 0 aromatic heterocycles. The van der Waals surface area contributed by atoms with E-state index in [9.17, 15) is 22.8 Å². The average Bonchev–Trinajstić information content (AvgIpc) is 2.66. The largest absolute Gasteiger partial charge is 0.477 e. The summed E-state index contributed by atoms with van der Waals surface area (Å²) in [6.45, 7) is -0.196. The molecule has 2 aliphatic rings. The van der Waals surface area contributed by atoms with E-state index in [2.05, 4.69) is 0 Å². The molecule has 2 amide bonds. The molecule has 0 aliphatic carbocycles. The number of ether oxygens (including phenoxy) is 1. The Bertz CT molecular complexity index is 690. The number of para-hydroxylation sites is 2. The second kappa shape index (κ2) is 8.06. The van der Waals surface area contributed by atoms with Gasteiger partial charge in [-0.15, -0.1) is 0 Å². The molecule has 1 aromatic carbocycles. The molecule has 2 heterocycles. The maximum atomic E-state index is 12.8. The van der Waals surface area contributed by atoms with Gasteiger partial charge in [-0.1, -0.05) is 12.1 Å². The molecule has 0 spiro atoms. The molecule has 0 unspecified atom stereocenters. The zero-order valence-corrected chi connectivity index (χ0v) is 14.8. The monoisotopic (exact) mass is 385 g/mol. The number of amides is 2. The van der Waals surface area contributed by atoms with Gasteiger partial charge in [-0.05, 0) is 31.4 Å². The quantitative estimate of drug-likeness (QED) is 0.861. The van der Waals surface area contributed by atoms with Crippen molar-refractivity contribution in [1.29, 1.82) is 0 Å². The molecule has 1 fully saturated rings. The molecule has 3 rings (SSSR count). The number of carbonyl (C=O) groups excluding carboxylic acids is 2. The predicted octanol–water partition coefficient (Wildman–Crippen LogP) is 1.94. The Labute approximate surface area is 155 Å². The Kier molecular flexibility index (Phi) is 5.76. The first kappa shape index (κ1) is 19.3. The van der Waals surface area contributed by atoms with Crippen LogP contribution in [0.2, 0.25) is 0 Å². The number of nitrogens with one attached hydrogen (secondary N) is 1. The minimum Gasteiger partial charge on any atom is -0.477 e. The van der Waals surface area contributed by atoms with Crippen molar-refractivity contribution in [3.63, 3.8) is 0 Å². The van der Waals surface area contributed by atoms with E-state index >= 15 is 0 Å². The number of likely N-dealkylation sites (tertiary alicyclic amines) is 1. The van der Waals surface area contributed by atoms with Gasteiger partial charge in [0.15, 0.2) is 6.10 Å². The number of fused-ring (bicyclic) bond motifs is 1. The topological polar surface area (TPSA) is 61.9 Å². The molecule has 1 saturated heterocycles. The van der Waals surface area contributed by atoms with Gasteiger partial charge in [0.05, 0.1) is 18.8 Å². The van der Waals surface area contributed by atoms with Crippen LogP contribution in [-0.4, -0.2) is 61.7 Å². The molecule has 0 radical (unpaired) electrons. The molecule has 0 bridgehead atoms. The van der Waals surface area contributed by atoms with Gasteiger partial charge >= 0.3 is 6.18 Å². The maximum Gasteiger partial charge on any atom is 0.405 e. The zero-order valence-electron chi connectivity index (χ0n) is 14.8. The van der Waals surface area contributed by atoms with E-state index in [1.165, 1.54) is 0 Å². The Hall–Kier alpha value is -2.45. The Morgan fingerprint density at radius 2 is 1.85 bits per heavy atom. The summed E-state index contributed by atoms with van der Waals surface area (Å²) in [5.41, 5.74) is 0.586. The number of halogens is 3. The fourth-order valence-corrected chi connectivity index (χ4v) is 3.33. The van der Waals surface area contributed by atoms with E-state index < -0.39 is 24.7 Å². The van der Waals surface area contributed by atoms with Gasteiger partial charge in [-0.2, -0.15) is 13.2 Å². The van der Waals surface area contributed by atoms with Crippen LogP contribution in [0.4, 0.5) is 18.9 Å². The first-order chi connectivity index (χ1) is 12.8. The highest BCUT2D eigenvalue weighted by molar-refractivity contribution is 5.86. The van der Waals surface area contributed by atoms with Gasteiger partial charge in [0.2, 0.25) is 5.91 Å². The van der Waals surface area contributed by atoms with Crippen LogP contribution in [0.5, 0.6) is 5.75 Å². The molecular weight excluding hydrogens is 363 g/mol. The van der Waals surface area contributed by atoms with Crippen LogP contribution >= 0.6 is 0 Å². The van der Waals surface area contributed by atoms with Gasteiger partial charge < -0.3 is 19.9 Å². The van der Waals surface area contributed by atoms with Crippen LogP contribution in [0.15, 0.2) is 24.3 Å². The number of anilines is 1. The number of benzene rings is 1. The minimum atomic E-state index is -4.47. The molecule has 1 atom stereocenters. The van der Waals surface area contributed by atoms with Crippen LogP contribution < -0.4 is 15.0 Å². The van der Waals surface area contributed by atoms with Gasteiger partial charge in [-0.25, -0.2) is 0 Å². The number of carbonyl (C=O) groups is 2. The highest BCUT2D eigenvalue weighted by Gasteiger charge is 2.35. The molecule has 9 heteroatoms. The van der Waals surface area contributed by atoms with Gasteiger partial charge in [0.25, 0.3) is 5.91 Å². The zero-order chi connectivity index (χ0) is 19.4. The van der Waals surface area contributed by atoms with E-state index in [0.29, 0.717) is 24.5 Å². The Morgan fingerprint density at radius 3 is 2.56 bits per heavy atom. The van der Waals surface area contributed by atoms with Crippen molar-refractivity contribution in [1.82, 2.24) is 10.2 Å². The van der Waals surface area contributed by atoms with Crippen LogP contribution in [-0.2, 0) is 9.59 Å². The highest BCUT2D eigenvalue weighted by Crippen LogP contribution is 2.33. The fraction of sp³-hybridized carbons (Fsp3) is 0.556. The van der Waals surface area contributed by atoms with E-state index in [1.807, 2.05) is 5.32 Å². The lowest BCUT2D eigenvalue weighted by Gasteiger charge is -2.38. The summed E-state index contributed by atoms with van der Waals surface area (Å²) in [5, 5.41) is 1.87. The predicted molar refractivity (Wildman–Crippen MR) is 92.6 cm³/mol. The van der Waals surface area contributed by atoms with Gasteiger partial charge in [0.1, 0.15) is 12.3 Å². The second-order valence-corrected chi connectivity index (χ2v) is 6.73. The molecule has 0 saturated carbocycles. The SMILES string of the molecule is O=C(CN1C[C@@H](C(=O)N2CCCCC2)Oc2ccccc21)NCC(F)(F)F. The number of hydrogen-bond donors (Lipinski definition) is 1. The Morgan fingerprint density at radius 1 is 1.15 bits per heavy atom. The fourth-order valence-electron chi connectivity index (χ4n) is 3.33. The lowest BCUT2D eigenvalue weighted by atomic mass is 10.1. The lowest BCUT2D eigenvalue weighted by molar-refractivity contribution is -0.140. The average molecular weight is 385 g/mol. The number of alkyl halides is 3. The van der Waals surface area contributed by atoms with Crippen molar-refractivity contribution in [3.8, 4) is 5.75 Å². The summed E-state index contributed by atoms with van der Waals surface area (Å²) < 4.78 is 42.8. The summed E-state index contributed by atoms with van der Waals surface area (Å²) in [6.07, 6.45) is -2.28. The number of nitrogens with zero attached hydrogens (tertiary/aromatic N) is 2. The molecule has 1 N–H and O–H groups in total. The molecule has 148 valence electrons. The van der Waals surface area contributed by atoms with Crippen molar-refractivity contribution < 1.29 is 27.5 Å². The third-order valence-corrected chi connectivity index (χ3v) is 4.63. The van der Waals surface area contributed by atoms with Gasteiger partial charge in [0, 0.05) is 13.1 Å². The van der Waals surface area contributed by atoms with Gasteiger partial charge in [-0.3, -0.25) is 9.59 Å². The summed E-state index contributed by atoms with van der Waals surface area (Å²) in [6, 6.07) is 6.89. The molecule has 27 heavy (non-hydrogen) atoms. The van der Waals surface area contributed by atoms with Crippen molar-refractivity contribution in [2.75, 3.05) is 37.6 Å². The lowest BCUT2D eigenvalue weighted by Crippen LogP contribution is -2.53. The van der Waals surface area contributed by atoms with Crippen LogP contribution in [0.25, 0.3) is 0 Å². The first-order valence-electron chi connectivity index (χ1n) is 8.96. The molecular formula is C18H22F3N3O3. The minimum absolute atomic E-state index is 0.117. The molecule has 6 nitrogen and oxygen atoms in total. The first-order valence-corrected chi connectivity index (χ1v) is 8.96. The van der Waals surface area contributed by atoms with E-state index in [1.54, 1.807) is 34.1 Å². The number of rotatable bonds is 4. The summed E-state index contributed by atoms with van der Waals surface area (Å²) in [5.74, 6) is -0.458. The van der Waals surface area contributed by atoms with Crippen molar-refractivity contribution in [2.24, 2.45) is 0 Å². The van der Waals surface area contributed by atoms with Crippen LogP contribution in [0.3, 0.4) is 0 Å². The van der Waals surface area contributed by atoms with E-state index in [4.69, 9.17) is 4.74 Å². The smallest absolute Gasteiger partial charge is 0.405 e. The second-order valence-electron chi connectivity index (χ2n) is 6.73. The van der Waals surface area contributed by atoms with Crippen molar-refractivity contribution in [2.45, 2.75) is 31.5 Å². The molecule has 1 aromatic rings. The maximum absolute atomic E-state index is 12.8. The summed E-state index contributed by atoms with van der Waals surface area (Å²) >= 11 is 0. The summed E-state index contributed by atoms with van der Waals surface area (Å²) in [4.78, 5) is 28.1. The van der Waals surface area contributed by atoms with Crippen LogP contribution in [0, 0.1) is 0 Å². The third-order valence-electron chi connectivity index (χ3n) is 4.63. The normalized spacial score (nSPS) is 19.9. The van der Waals surface area contributed by atoms with E-state index in [0.717, 1.165) is 19.3 Å². The number of hydrogen-bond acceptors (Lipinski definition) is 4. The third kappa shape index (κ3) is 5.05. The van der Waals surface area contributed by atoms with Crippen molar-refractivity contribution in [3.05, 3.63) is 24.3 Å². The highest BCUT2D eigenvalue weighted by atomic mass is 19.4. The van der Waals surface area contributed by atoms with Crippen LogP contribution in [0.1, 0.15) is 19.3 Å². The van der Waals surface area contributed by atoms with E-state index in [-0.39, 0.29) is 19.0 Å². The Balaban J connectivity index is 1.70.